The number of nitrogens with zero attached hydrogens (tertiary/aromatic N) is 1. The van der Waals surface area contributed by atoms with Crippen molar-refractivity contribution in [1.29, 1.82) is 0 Å². The summed E-state index contributed by atoms with van der Waals surface area (Å²) in [5.41, 5.74) is 1.79. The van der Waals surface area contributed by atoms with E-state index in [2.05, 4.69) is 4.98 Å². The van der Waals surface area contributed by atoms with Crippen LogP contribution in [-0.4, -0.2) is 17.9 Å². The SMILES string of the molecule is O=CN(CCc1c[nH]c2ccccc12)c1ccc(C(F)(F)F)cc1. The van der Waals surface area contributed by atoms with Gasteiger partial charge in [-0.1, -0.05) is 18.2 Å². The quantitative estimate of drug-likeness (QED) is 0.691. The smallest absolute Gasteiger partial charge is 0.361 e. The maximum atomic E-state index is 12.6. The number of alkyl halides is 3. The third kappa shape index (κ3) is 3.27. The molecule has 0 spiro atoms. The summed E-state index contributed by atoms with van der Waals surface area (Å²) in [6, 6.07) is 12.4. The van der Waals surface area contributed by atoms with E-state index in [-0.39, 0.29) is 0 Å². The van der Waals surface area contributed by atoms with Crippen LogP contribution >= 0.6 is 0 Å². The molecule has 3 nitrogen and oxygen atoms in total. The number of carbonyl (C=O) groups excluding carboxylic acids is 1. The van der Waals surface area contributed by atoms with Crippen molar-refractivity contribution < 1.29 is 18.0 Å². The first-order chi connectivity index (χ1) is 11.5. The molecule has 0 radical (unpaired) electrons. The predicted octanol–water partition coefficient (Wildman–Crippen LogP) is 4.39. The minimum atomic E-state index is -4.38. The molecular weight excluding hydrogens is 317 g/mol. The van der Waals surface area contributed by atoms with Crippen LogP contribution in [0.1, 0.15) is 11.1 Å². The van der Waals surface area contributed by atoms with Crippen molar-refractivity contribution in [3.63, 3.8) is 0 Å². The zero-order valence-corrected chi connectivity index (χ0v) is 12.7. The minimum Gasteiger partial charge on any atom is -0.361 e. The fourth-order valence-corrected chi connectivity index (χ4v) is 2.66. The van der Waals surface area contributed by atoms with Gasteiger partial charge in [-0.25, -0.2) is 0 Å². The molecule has 0 aliphatic carbocycles. The Labute approximate surface area is 136 Å². The Kier molecular flexibility index (Phi) is 4.29. The summed E-state index contributed by atoms with van der Waals surface area (Å²) in [6.07, 6.45) is -1.25. The average molecular weight is 332 g/mol. The molecule has 0 aliphatic heterocycles. The lowest BCUT2D eigenvalue weighted by Gasteiger charge is -2.18. The number of fused-ring (bicyclic) bond motifs is 1. The molecule has 1 aromatic heterocycles. The van der Waals surface area contributed by atoms with E-state index in [9.17, 15) is 18.0 Å². The molecule has 1 N–H and O–H groups in total. The Morgan fingerprint density at radius 1 is 1.04 bits per heavy atom. The van der Waals surface area contributed by atoms with Crippen LogP contribution in [0.4, 0.5) is 18.9 Å². The summed E-state index contributed by atoms with van der Waals surface area (Å²) in [7, 11) is 0. The van der Waals surface area contributed by atoms with Crippen LogP contribution in [0.25, 0.3) is 10.9 Å². The van der Waals surface area contributed by atoms with Crippen molar-refractivity contribution in [3.05, 3.63) is 65.9 Å². The van der Waals surface area contributed by atoms with Gasteiger partial charge in [0.05, 0.1) is 5.56 Å². The lowest BCUT2D eigenvalue weighted by Crippen LogP contribution is -2.23. The first-order valence-corrected chi connectivity index (χ1v) is 7.43. The van der Waals surface area contributed by atoms with Crippen molar-refractivity contribution in [1.82, 2.24) is 4.98 Å². The van der Waals surface area contributed by atoms with E-state index in [1.165, 1.54) is 17.0 Å². The summed E-state index contributed by atoms with van der Waals surface area (Å²) < 4.78 is 37.8. The number of aromatic amines is 1. The molecule has 24 heavy (non-hydrogen) atoms. The second-order valence-electron chi connectivity index (χ2n) is 5.45. The zero-order chi connectivity index (χ0) is 17.2. The van der Waals surface area contributed by atoms with Gasteiger partial charge in [0.2, 0.25) is 6.41 Å². The van der Waals surface area contributed by atoms with Crippen molar-refractivity contribution in [2.24, 2.45) is 0 Å². The lowest BCUT2D eigenvalue weighted by atomic mass is 10.1. The molecule has 0 fully saturated rings. The largest absolute Gasteiger partial charge is 0.416 e. The number of benzene rings is 2. The highest BCUT2D eigenvalue weighted by Gasteiger charge is 2.30. The minimum absolute atomic E-state index is 0.386. The Morgan fingerprint density at radius 3 is 2.42 bits per heavy atom. The summed E-state index contributed by atoms with van der Waals surface area (Å²) >= 11 is 0. The third-order valence-electron chi connectivity index (χ3n) is 3.95. The van der Waals surface area contributed by atoms with Gasteiger partial charge in [-0.05, 0) is 42.3 Å². The second kappa shape index (κ2) is 6.39. The molecule has 3 aromatic rings. The molecule has 6 heteroatoms. The number of para-hydroxylation sites is 1. The number of hydrogen-bond donors (Lipinski definition) is 1. The molecule has 0 atom stereocenters. The number of rotatable bonds is 5. The van der Waals surface area contributed by atoms with Gasteiger partial charge in [-0.15, -0.1) is 0 Å². The predicted molar refractivity (Wildman–Crippen MR) is 86.9 cm³/mol. The van der Waals surface area contributed by atoms with E-state index in [0.717, 1.165) is 28.6 Å². The Morgan fingerprint density at radius 2 is 1.75 bits per heavy atom. The molecule has 1 heterocycles. The molecular formula is C18H15F3N2O. The highest BCUT2D eigenvalue weighted by Crippen LogP contribution is 2.30. The first kappa shape index (κ1) is 16.1. The van der Waals surface area contributed by atoms with Gasteiger partial charge in [-0.3, -0.25) is 4.79 Å². The van der Waals surface area contributed by atoms with E-state index in [1.807, 2.05) is 30.5 Å². The van der Waals surface area contributed by atoms with Crippen LogP contribution < -0.4 is 4.90 Å². The Bertz CT molecular complexity index is 837. The van der Waals surface area contributed by atoms with Gasteiger partial charge in [0.15, 0.2) is 0 Å². The topological polar surface area (TPSA) is 36.1 Å². The maximum Gasteiger partial charge on any atom is 0.416 e. The van der Waals surface area contributed by atoms with Crippen molar-refractivity contribution in [3.8, 4) is 0 Å². The standard InChI is InChI=1S/C18H15F3N2O/c19-18(20,21)14-5-7-15(8-6-14)23(12-24)10-9-13-11-22-17-4-2-1-3-16(13)17/h1-8,11-12,22H,9-10H2. The first-order valence-electron chi connectivity index (χ1n) is 7.43. The van der Waals surface area contributed by atoms with Gasteiger partial charge in [0.1, 0.15) is 0 Å². The van der Waals surface area contributed by atoms with Crippen molar-refractivity contribution >= 4 is 23.0 Å². The summed E-state index contributed by atoms with van der Waals surface area (Å²) in [6.45, 7) is 0.386. The van der Waals surface area contributed by atoms with Crippen LogP contribution in [0, 0.1) is 0 Å². The maximum absolute atomic E-state index is 12.6. The van der Waals surface area contributed by atoms with Crippen LogP contribution in [0.3, 0.4) is 0 Å². The van der Waals surface area contributed by atoms with E-state index < -0.39 is 11.7 Å². The van der Waals surface area contributed by atoms with Gasteiger partial charge in [0.25, 0.3) is 0 Å². The van der Waals surface area contributed by atoms with Gasteiger partial charge in [0, 0.05) is 29.3 Å². The number of H-pyrrole nitrogens is 1. The lowest BCUT2D eigenvalue weighted by molar-refractivity contribution is -0.137. The van der Waals surface area contributed by atoms with Gasteiger partial charge >= 0.3 is 6.18 Å². The van der Waals surface area contributed by atoms with E-state index >= 15 is 0 Å². The van der Waals surface area contributed by atoms with E-state index in [0.29, 0.717) is 25.1 Å². The summed E-state index contributed by atoms with van der Waals surface area (Å²) in [4.78, 5) is 15.9. The molecule has 0 saturated carbocycles. The van der Waals surface area contributed by atoms with Crippen LogP contribution in [0.2, 0.25) is 0 Å². The number of anilines is 1. The van der Waals surface area contributed by atoms with Gasteiger partial charge < -0.3 is 9.88 Å². The van der Waals surface area contributed by atoms with Crippen LogP contribution in [0.15, 0.2) is 54.7 Å². The van der Waals surface area contributed by atoms with E-state index in [1.54, 1.807) is 0 Å². The highest BCUT2D eigenvalue weighted by atomic mass is 19.4. The normalized spacial score (nSPS) is 11.6. The molecule has 3 rings (SSSR count). The fourth-order valence-electron chi connectivity index (χ4n) is 2.66. The monoisotopic (exact) mass is 332 g/mol. The molecule has 0 aliphatic rings. The van der Waals surface area contributed by atoms with Crippen molar-refractivity contribution in [2.75, 3.05) is 11.4 Å². The summed E-state index contributed by atoms with van der Waals surface area (Å²) in [5.74, 6) is 0. The third-order valence-corrected chi connectivity index (χ3v) is 3.95. The Hall–Kier alpha value is -2.76. The molecule has 0 saturated heterocycles. The molecule has 2 aromatic carbocycles. The molecule has 0 unspecified atom stereocenters. The van der Waals surface area contributed by atoms with Gasteiger partial charge in [-0.2, -0.15) is 13.2 Å². The Balaban J connectivity index is 1.74. The summed E-state index contributed by atoms with van der Waals surface area (Å²) in [5, 5.41) is 1.08. The van der Waals surface area contributed by atoms with Crippen LogP contribution in [0.5, 0.6) is 0 Å². The fraction of sp³-hybridized carbons (Fsp3) is 0.167. The number of halogens is 3. The molecule has 1 amide bonds. The van der Waals surface area contributed by atoms with Crippen molar-refractivity contribution in [2.45, 2.75) is 12.6 Å². The number of aromatic nitrogens is 1. The molecule has 124 valence electrons. The number of carbonyl (C=O) groups is 1. The average Bonchev–Trinajstić information content (AvgIpc) is 2.98. The highest BCUT2D eigenvalue weighted by molar-refractivity contribution is 5.83. The zero-order valence-electron chi connectivity index (χ0n) is 12.7. The van der Waals surface area contributed by atoms with Crippen LogP contribution in [-0.2, 0) is 17.4 Å². The number of hydrogen-bond acceptors (Lipinski definition) is 1. The number of amides is 1. The molecule has 0 bridgehead atoms. The second-order valence-corrected chi connectivity index (χ2v) is 5.45. The number of nitrogens with one attached hydrogen (secondary N) is 1. The van der Waals surface area contributed by atoms with E-state index in [4.69, 9.17) is 0 Å².